The molecular formula is C9H10N2O3. The van der Waals surface area contributed by atoms with Gasteiger partial charge in [0.25, 0.3) is 5.91 Å². The van der Waals surface area contributed by atoms with E-state index in [1.54, 1.807) is 31.4 Å². The smallest absolute Gasteiger partial charge is 0.256 e. The van der Waals surface area contributed by atoms with Crippen molar-refractivity contribution in [1.82, 2.24) is 5.32 Å². The molecule has 0 radical (unpaired) electrons. The van der Waals surface area contributed by atoms with Gasteiger partial charge >= 0.3 is 0 Å². The summed E-state index contributed by atoms with van der Waals surface area (Å²) < 4.78 is 4.93. The van der Waals surface area contributed by atoms with Crippen molar-refractivity contribution in [3.05, 3.63) is 29.8 Å². The van der Waals surface area contributed by atoms with Crippen molar-refractivity contribution in [3.8, 4) is 5.75 Å². The summed E-state index contributed by atoms with van der Waals surface area (Å²) in [5, 5.41) is 13.0. The van der Waals surface area contributed by atoms with Crippen LogP contribution < -0.4 is 10.1 Å². The Labute approximate surface area is 81.0 Å². The minimum absolute atomic E-state index is 0.342. The lowest BCUT2D eigenvalue weighted by atomic mass is 10.2. The van der Waals surface area contributed by atoms with Gasteiger partial charge in [0.1, 0.15) is 12.1 Å². The SMILES string of the molecule is COc1ccc(C(=O)N/C=N/O)cc1. The first-order valence-corrected chi connectivity index (χ1v) is 3.88. The first kappa shape index (κ1) is 10.0. The summed E-state index contributed by atoms with van der Waals surface area (Å²) in [5.74, 6) is 0.336. The van der Waals surface area contributed by atoms with Gasteiger partial charge in [0.2, 0.25) is 0 Å². The van der Waals surface area contributed by atoms with Crippen molar-refractivity contribution in [3.63, 3.8) is 0 Å². The van der Waals surface area contributed by atoms with Crippen LogP contribution in [0.5, 0.6) is 5.75 Å². The van der Waals surface area contributed by atoms with Crippen LogP contribution in [0.25, 0.3) is 0 Å². The number of benzene rings is 1. The van der Waals surface area contributed by atoms with E-state index >= 15 is 0 Å². The minimum Gasteiger partial charge on any atom is -0.497 e. The van der Waals surface area contributed by atoms with Gasteiger partial charge in [0.15, 0.2) is 0 Å². The topological polar surface area (TPSA) is 70.9 Å². The van der Waals surface area contributed by atoms with E-state index in [0.29, 0.717) is 11.3 Å². The molecule has 5 heteroatoms. The first-order chi connectivity index (χ1) is 6.77. The molecule has 74 valence electrons. The van der Waals surface area contributed by atoms with E-state index in [1.807, 2.05) is 0 Å². The van der Waals surface area contributed by atoms with Gasteiger partial charge in [-0.05, 0) is 24.3 Å². The largest absolute Gasteiger partial charge is 0.497 e. The zero-order valence-corrected chi connectivity index (χ0v) is 7.60. The van der Waals surface area contributed by atoms with Crippen molar-refractivity contribution in [2.24, 2.45) is 5.16 Å². The summed E-state index contributed by atoms with van der Waals surface area (Å²) >= 11 is 0. The fraction of sp³-hybridized carbons (Fsp3) is 0.111. The van der Waals surface area contributed by atoms with Gasteiger partial charge in [0.05, 0.1) is 7.11 Å². The van der Waals surface area contributed by atoms with Gasteiger partial charge in [-0.1, -0.05) is 5.16 Å². The van der Waals surface area contributed by atoms with E-state index in [1.165, 1.54) is 0 Å². The number of hydrogen-bond acceptors (Lipinski definition) is 4. The Morgan fingerprint density at radius 3 is 2.64 bits per heavy atom. The lowest BCUT2D eigenvalue weighted by Gasteiger charge is -2.01. The predicted octanol–water partition coefficient (Wildman–Crippen LogP) is 0.843. The van der Waals surface area contributed by atoms with Crippen LogP contribution in [0.1, 0.15) is 10.4 Å². The Morgan fingerprint density at radius 1 is 1.50 bits per heavy atom. The molecule has 1 amide bonds. The second-order valence-electron chi connectivity index (χ2n) is 2.45. The Kier molecular flexibility index (Phi) is 3.49. The maximum absolute atomic E-state index is 11.2. The molecule has 0 saturated carbocycles. The van der Waals surface area contributed by atoms with E-state index in [2.05, 4.69) is 10.5 Å². The Morgan fingerprint density at radius 2 is 2.14 bits per heavy atom. The van der Waals surface area contributed by atoms with Gasteiger partial charge < -0.3 is 15.3 Å². The highest BCUT2D eigenvalue weighted by Crippen LogP contribution is 2.10. The van der Waals surface area contributed by atoms with Crippen LogP contribution >= 0.6 is 0 Å². The van der Waals surface area contributed by atoms with Crippen LogP contribution in [-0.4, -0.2) is 24.6 Å². The number of carbonyl (C=O) groups excluding carboxylic acids is 1. The van der Waals surface area contributed by atoms with E-state index in [-0.39, 0.29) is 5.91 Å². The van der Waals surface area contributed by atoms with Crippen molar-refractivity contribution in [2.45, 2.75) is 0 Å². The van der Waals surface area contributed by atoms with E-state index in [4.69, 9.17) is 9.94 Å². The molecule has 5 nitrogen and oxygen atoms in total. The average molecular weight is 194 g/mol. The maximum atomic E-state index is 11.2. The molecular weight excluding hydrogens is 184 g/mol. The number of oxime groups is 1. The molecule has 1 rings (SSSR count). The number of methoxy groups -OCH3 is 1. The van der Waals surface area contributed by atoms with Gasteiger partial charge in [-0.25, -0.2) is 0 Å². The van der Waals surface area contributed by atoms with Gasteiger partial charge in [0, 0.05) is 5.56 Å². The molecule has 0 unspecified atom stereocenters. The van der Waals surface area contributed by atoms with E-state index in [0.717, 1.165) is 6.34 Å². The molecule has 0 aliphatic carbocycles. The van der Waals surface area contributed by atoms with Crippen molar-refractivity contribution < 1.29 is 14.7 Å². The molecule has 1 aromatic carbocycles. The summed E-state index contributed by atoms with van der Waals surface area (Å²) in [7, 11) is 1.55. The van der Waals surface area contributed by atoms with Gasteiger partial charge in [-0.3, -0.25) is 4.79 Å². The average Bonchev–Trinajstić information content (AvgIpc) is 2.26. The molecule has 0 bridgehead atoms. The van der Waals surface area contributed by atoms with Crippen LogP contribution in [-0.2, 0) is 0 Å². The monoisotopic (exact) mass is 194 g/mol. The number of nitrogens with zero attached hydrogens (tertiary/aromatic N) is 1. The van der Waals surface area contributed by atoms with Crippen LogP contribution in [0, 0.1) is 0 Å². The molecule has 0 atom stereocenters. The molecule has 0 fully saturated rings. The molecule has 0 saturated heterocycles. The van der Waals surface area contributed by atoms with Gasteiger partial charge in [-0.2, -0.15) is 0 Å². The molecule has 0 spiro atoms. The van der Waals surface area contributed by atoms with Gasteiger partial charge in [-0.15, -0.1) is 0 Å². The molecule has 0 aromatic heterocycles. The fourth-order valence-corrected chi connectivity index (χ4v) is 0.913. The Bertz CT molecular complexity index is 332. The fourth-order valence-electron chi connectivity index (χ4n) is 0.913. The summed E-state index contributed by atoms with van der Waals surface area (Å²) in [4.78, 5) is 11.2. The lowest BCUT2D eigenvalue weighted by molar-refractivity contribution is 0.0977. The Balaban J connectivity index is 2.71. The highest BCUT2D eigenvalue weighted by Gasteiger charge is 2.02. The third-order valence-corrected chi connectivity index (χ3v) is 1.61. The molecule has 2 N–H and O–H groups in total. The van der Waals surface area contributed by atoms with Crippen LogP contribution in [0.4, 0.5) is 0 Å². The number of carbonyl (C=O) groups is 1. The van der Waals surface area contributed by atoms with Crippen LogP contribution in [0.3, 0.4) is 0 Å². The Hall–Kier alpha value is -2.04. The zero-order chi connectivity index (χ0) is 10.4. The van der Waals surface area contributed by atoms with E-state index < -0.39 is 0 Å². The minimum atomic E-state index is -0.342. The quantitative estimate of drug-likeness (QED) is 0.324. The predicted molar refractivity (Wildman–Crippen MR) is 50.7 cm³/mol. The normalized spacial score (nSPS) is 10.1. The summed E-state index contributed by atoms with van der Waals surface area (Å²) in [6.45, 7) is 0. The third-order valence-electron chi connectivity index (χ3n) is 1.61. The summed E-state index contributed by atoms with van der Waals surface area (Å²) in [6, 6.07) is 6.56. The van der Waals surface area contributed by atoms with Crippen molar-refractivity contribution >= 4 is 12.2 Å². The number of ether oxygens (including phenoxy) is 1. The second-order valence-corrected chi connectivity index (χ2v) is 2.45. The summed E-state index contributed by atoms with van der Waals surface area (Å²) in [5.41, 5.74) is 0.464. The number of nitrogens with one attached hydrogen (secondary N) is 1. The highest BCUT2D eigenvalue weighted by atomic mass is 16.5. The third kappa shape index (κ3) is 2.48. The van der Waals surface area contributed by atoms with Crippen LogP contribution in [0.15, 0.2) is 29.4 Å². The molecule has 1 aromatic rings. The lowest BCUT2D eigenvalue weighted by Crippen LogP contribution is -2.21. The zero-order valence-electron chi connectivity index (χ0n) is 7.60. The van der Waals surface area contributed by atoms with Crippen LogP contribution in [0.2, 0.25) is 0 Å². The molecule has 0 aliphatic rings. The first-order valence-electron chi connectivity index (χ1n) is 3.88. The number of rotatable bonds is 3. The number of amides is 1. The standard InChI is InChI=1S/C9H10N2O3/c1-14-8-4-2-7(3-5-8)9(12)10-6-11-13/h2-6,13H,1H3,(H,10,11,12). The molecule has 14 heavy (non-hydrogen) atoms. The van der Waals surface area contributed by atoms with E-state index in [9.17, 15) is 4.79 Å². The van der Waals surface area contributed by atoms with Crippen molar-refractivity contribution in [2.75, 3.05) is 7.11 Å². The molecule has 0 aliphatic heterocycles. The highest BCUT2D eigenvalue weighted by molar-refractivity contribution is 6.00. The maximum Gasteiger partial charge on any atom is 0.256 e. The molecule has 0 heterocycles. The second kappa shape index (κ2) is 4.86. The summed E-state index contributed by atoms with van der Waals surface area (Å²) in [6.07, 6.45) is 0.909. The van der Waals surface area contributed by atoms with Crippen molar-refractivity contribution in [1.29, 1.82) is 0 Å². The number of hydrogen-bond donors (Lipinski definition) is 2.